The van der Waals surface area contributed by atoms with Crippen molar-refractivity contribution in [3.05, 3.63) is 134 Å². The van der Waals surface area contributed by atoms with E-state index in [1.807, 2.05) is 69.5 Å². The van der Waals surface area contributed by atoms with Gasteiger partial charge in [-0.05, 0) is 51.8 Å². The molecule has 4 aromatic rings. The van der Waals surface area contributed by atoms with Crippen LogP contribution in [0.25, 0.3) is 16.3 Å². The van der Waals surface area contributed by atoms with E-state index in [1.165, 1.54) is 28.4 Å². The van der Waals surface area contributed by atoms with Gasteiger partial charge < -0.3 is 14.2 Å². The summed E-state index contributed by atoms with van der Waals surface area (Å²) < 4.78 is 36.4. The number of amides is 2. The van der Waals surface area contributed by atoms with E-state index in [-0.39, 0.29) is 48.7 Å². The maximum absolute atomic E-state index is 14.5. The fourth-order valence-electron chi connectivity index (χ4n) is 6.53. The van der Waals surface area contributed by atoms with Crippen LogP contribution in [0.4, 0.5) is 8.78 Å². The average Bonchev–Trinajstić information content (AvgIpc) is 3.67. The standard InChI is InChI=1S/C39H38F2N4O4S.C2H6/c1-7-11-30-24(4)37(47)44(38(30)48)22-39(6)21-43(23(2)3)25(5)33-35(49-20-26-12-9-8-10-13-26)34(46)31(19-45(33)39)36-42-18-29(50-36)16-27-14-15-28(40)17-32(27)41;1-2/h7-15,17-19,23H,5,16,20-22H2,1-4,6H3;1-2H3/b11-7-;. The number of pyridine rings is 1. The molecule has 0 saturated heterocycles. The smallest absolute Gasteiger partial charge is 0.261 e. The van der Waals surface area contributed by atoms with E-state index in [4.69, 9.17) is 4.74 Å². The quantitative estimate of drug-likeness (QED) is 0.154. The zero-order valence-corrected chi connectivity index (χ0v) is 31.4. The Morgan fingerprint density at radius 3 is 2.44 bits per heavy atom. The molecule has 2 aromatic heterocycles. The number of carbonyl (C=O) groups excluding carboxylic acids is 2. The van der Waals surface area contributed by atoms with Gasteiger partial charge in [0, 0.05) is 53.5 Å². The van der Waals surface area contributed by atoms with Crippen LogP contribution in [0.15, 0.2) is 95.6 Å². The molecule has 11 heteroatoms. The molecule has 0 saturated carbocycles. The van der Waals surface area contributed by atoms with Crippen molar-refractivity contribution in [2.45, 2.75) is 73.1 Å². The highest BCUT2D eigenvalue weighted by atomic mass is 32.1. The molecule has 0 spiro atoms. The first-order valence-corrected chi connectivity index (χ1v) is 18.2. The minimum Gasteiger partial charge on any atom is -0.483 e. The molecular weight excluding hydrogens is 683 g/mol. The Morgan fingerprint density at radius 2 is 1.79 bits per heavy atom. The molecule has 2 aromatic carbocycles. The van der Waals surface area contributed by atoms with Gasteiger partial charge in [0.2, 0.25) is 5.43 Å². The predicted molar refractivity (Wildman–Crippen MR) is 202 cm³/mol. The first kappa shape index (κ1) is 38.1. The lowest BCUT2D eigenvalue weighted by molar-refractivity contribution is -0.139. The Morgan fingerprint density at radius 1 is 1.08 bits per heavy atom. The zero-order chi connectivity index (χ0) is 37.9. The molecule has 0 N–H and O–H groups in total. The van der Waals surface area contributed by atoms with Crippen LogP contribution in [0, 0.1) is 11.6 Å². The van der Waals surface area contributed by atoms with Crippen LogP contribution in [0.3, 0.4) is 0 Å². The summed E-state index contributed by atoms with van der Waals surface area (Å²) in [5.74, 6) is -2.01. The zero-order valence-electron chi connectivity index (χ0n) is 30.6. The number of benzene rings is 2. The van der Waals surface area contributed by atoms with Crippen molar-refractivity contribution in [1.29, 1.82) is 0 Å². The lowest BCUT2D eigenvalue weighted by atomic mass is 9.92. The predicted octanol–water partition coefficient (Wildman–Crippen LogP) is 8.12. The van der Waals surface area contributed by atoms with Crippen molar-refractivity contribution in [3.8, 4) is 16.3 Å². The van der Waals surface area contributed by atoms with Gasteiger partial charge in [0.05, 0.1) is 23.3 Å². The monoisotopic (exact) mass is 726 g/mol. The lowest BCUT2D eigenvalue weighted by Gasteiger charge is -2.48. The second-order valence-corrected chi connectivity index (χ2v) is 14.3. The molecule has 1 unspecified atom stereocenters. The Labute approximate surface area is 307 Å². The van der Waals surface area contributed by atoms with E-state index in [0.717, 1.165) is 11.6 Å². The van der Waals surface area contributed by atoms with Crippen LogP contribution in [0.2, 0.25) is 0 Å². The summed E-state index contributed by atoms with van der Waals surface area (Å²) in [4.78, 5) is 50.2. The highest BCUT2D eigenvalue weighted by molar-refractivity contribution is 7.15. The Hall–Kier alpha value is -5.16. The molecule has 2 amide bonds. The van der Waals surface area contributed by atoms with Gasteiger partial charge in [-0.15, -0.1) is 11.3 Å². The van der Waals surface area contributed by atoms with Crippen LogP contribution in [-0.4, -0.2) is 50.3 Å². The van der Waals surface area contributed by atoms with Crippen LogP contribution >= 0.6 is 11.3 Å². The SMILES string of the molecule is C=C1c2c(OCc3ccccc3)c(=O)c(-c3ncc(Cc4ccc(F)cc4F)s3)cn2C(C)(CN2C(=O)C(C)=C(/C=C\C)C2=O)CN1C(C)C.CC. The summed E-state index contributed by atoms with van der Waals surface area (Å²) >= 11 is 1.22. The number of hydrogen-bond donors (Lipinski definition) is 0. The van der Waals surface area contributed by atoms with Gasteiger partial charge in [0.1, 0.15) is 28.9 Å². The summed E-state index contributed by atoms with van der Waals surface area (Å²) in [7, 11) is 0. The van der Waals surface area contributed by atoms with Crippen molar-refractivity contribution in [1.82, 2.24) is 19.4 Å². The molecule has 2 aliphatic rings. The first-order valence-electron chi connectivity index (χ1n) is 17.3. The molecule has 1 atom stereocenters. The molecule has 6 rings (SSSR count). The Kier molecular flexibility index (Phi) is 11.4. The molecule has 0 bridgehead atoms. The van der Waals surface area contributed by atoms with Gasteiger partial charge in [-0.25, -0.2) is 13.8 Å². The minimum atomic E-state index is -0.942. The third-order valence-corrected chi connectivity index (χ3v) is 10.2. The largest absolute Gasteiger partial charge is 0.483 e. The number of ether oxygens (including phenoxy) is 1. The number of hydrogen-bond acceptors (Lipinski definition) is 7. The van der Waals surface area contributed by atoms with Gasteiger partial charge in [-0.1, -0.05) is 69.0 Å². The van der Waals surface area contributed by atoms with Crippen molar-refractivity contribution < 1.29 is 23.1 Å². The van der Waals surface area contributed by atoms with E-state index in [0.29, 0.717) is 44.5 Å². The second-order valence-electron chi connectivity index (χ2n) is 13.1. The maximum Gasteiger partial charge on any atom is 0.261 e. The highest BCUT2D eigenvalue weighted by Gasteiger charge is 2.45. The number of imide groups is 1. The van der Waals surface area contributed by atoms with Gasteiger partial charge in [-0.2, -0.15) is 0 Å². The fraction of sp³-hybridized carbons (Fsp3) is 0.317. The van der Waals surface area contributed by atoms with Crippen LogP contribution in [0.5, 0.6) is 5.75 Å². The third-order valence-electron chi connectivity index (χ3n) is 9.17. The number of nitrogens with zero attached hydrogens (tertiary/aromatic N) is 4. The van der Waals surface area contributed by atoms with Crippen molar-refractivity contribution in [2.24, 2.45) is 0 Å². The van der Waals surface area contributed by atoms with E-state index in [2.05, 4.69) is 16.5 Å². The molecule has 0 fully saturated rings. The number of thiazole rings is 1. The summed E-state index contributed by atoms with van der Waals surface area (Å²) in [6.07, 6.45) is 6.82. The number of allylic oxidation sites excluding steroid dienone is 1. The number of aromatic nitrogens is 2. The molecule has 4 heterocycles. The lowest BCUT2D eigenvalue weighted by Crippen LogP contribution is -2.56. The second kappa shape index (κ2) is 15.6. The van der Waals surface area contributed by atoms with Crippen LogP contribution < -0.4 is 10.2 Å². The van der Waals surface area contributed by atoms with E-state index >= 15 is 0 Å². The fourth-order valence-corrected chi connectivity index (χ4v) is 7.47. The molecule has 52 heavy (non-hydrogen) atoms. The highest BCUT2D eigenvalue weighted by Crippen LogP contribution is 2.41. The number of carbonyl (C=O) groups is 2. The number of rotatable bonds is 10. The molecule has 272 valence electrons. The van der Waals surface area contributed by atoms with E-state index < -0.39 is 22.6 Å². The maximum atomic E-state index is 14.5. The van der Waals surface area contributed by atoms with Crippen LogP contribution in [0.1, 0.15) is 70.2 Å². The van der Waals surface area contributed by atoms with E-state index in [1.54, 1.807) is 38.4 Å². The van der Waals surface area contributed by atoms with Gasteiger partial charge >= 0.3 is 0 Å². The summed E-state index contributed by atoms with van der Waals surface area (Å²) in [5.41, 5.74) is 1.78. The third kappa shape index (κ3) is 7.27. The van der Waals surface area contributed by atoms with Gasteiger partial charge in [0.15, 0.2) is 5.75 Å². The summed E-state index contributed by atoms with van der Waals surface area (Å²) in [6.45, 7) is 18.3. The summed E-state index contributed by atoms with van der Waals surface area (Å²) in [5, 5.41) is 0.382. The minimum absolute atomic E-state index is 0.0138. The molecular formula is C41H44F2N4O4S. The van der Waals surface area contributed by atoms with Crippen molar-refractivity contribution >= 4 is 28.8 Å². The normalized spacial score (nSPS) is 17.3. The van der Waals surface area contributed by atoms with E-state index in [9.17, 15) is 23.2 Å². The molecule has 8 nitrogen and oxygen atoms in total. The number of halogens is 2. The first-order chi connectivity index (χ1) is 24.8. The van der Waals surface area contributed by atoms with Gasteiger partial charge in [-0.3, -0.25) is 19.3 Å². The molecule has 2 aliphatic heterocycles. The topological polar surface area (TPSA) is 84.7 Å². The van der Waals surface area contributed by atoms with Gasteiger partial charge in [0.25, 0.3) is 11.8 Å². The Bertz CT molecular complexity index is 2140. The van der Waals surface area contributed by atoms with Crippen LogP contribution in [-0.2, 0) is 28.2 Å². The Balaban J connectivity index is 0.00000257. The average molecular weight is 727 g/mol. The molecule has 0 aliphatic carbocycles. The molecule has 0 radical (unpaired) electrons. The summed E-state index contributed by atoms with van der Waals surface area (Å²) in [6, 6.07) is 12.9. The van der Waals surface area contributed by atoms with Crippen molar-refractivity contribution in [3.63, 3.8) is 0 Å². The number of fused-ring (bicyclic) bond motifs is 1. The van der Waals surface area contributed by atoms with Crippen molar-refractivity contribution in [2.75, 3.05) is 13.1 Å².